The Bertz CT molecular complexity index is 974. The zero-order valence-electron chi connectivity index (χ0n) is 16.2. The van der Waals surface area contributed by atoms with Crippen LogP contribution in [0, 0.1) is 6.92 Å². The lowest BCUT2D eigenvalue weighted by Gasteiger charge is -2.36. The van der Waals surface area contributed by atoms with Crippen molar-refractivity contribution in [1.29, 1.82) is 0 Å². The van der Waals surface area contributed by atoms with Crippen LogP contribution in [0.25, 0.3) is 0 Å². The van der Waals surface area contributed by atoms with E-state index in [4.69, 9.17) is 11.6 Å². The average Bonchev–Trinajstić information content (AvgIpc) is 3.19. The molecule has 0 aromatic heterocycles. The second kappa shape index (κ2) is 7.87. The van der Waals surface area contributed by atoms with Crippen LogP contribution in [0.3, 0.4) is 0 Å². The molecular weight excluding hydrogens is 390 g/mol. The van der Waals surface area contributed by atoms with Gasteiger partial charge in [-0.15, -0.1) is 0 Å². The van der Waals surface area contributed by atoms with E-state index in [2.05, 4.69) is 5.32 Å². The second-order valence-corrected chi connectivity index (χ2v) is 7.98. The molecule has 1 N–H and O–H groups in total. The minimum Gasteiger partial charge on any atom is -0.329 e. The van der Waals surface area contributed by atoms with Gasteiger partial charge in [0.05, 0.1) is 10.7 Å². The third-order valence-corrected chi connectivity index (χ3v) is 5.77. The van der Waals surface area contributed by atoms with Crippen LogP contribution in [0.15, 0.2) is 42.5 Å². The number of hydrogen-bond acceptors (Lipinski definition) is 3. The molecule has 150 valence electrons. The van der Waals surface area contributed by atoms with Crippen molar-refractivity contribution in [2.75, 3.05) is 18.4 Å². The molecule has 29 heavy (non-hydrogen) atoms. The minimum absolute atomic E-state index is 0.0120. The van der Waals surface area contributed by atoms with Crippen molar-refractivity contribution in [3.63, 3.8) is 0 Å². The first kappa shape index (κ1) is 19.5. The maximum atomic E-state index is 12.6. The Morgan fingerprint density at radius 2 is 1.93 bits per heavy atom. The number of carbonyl (C=O) groups is 3. The number of aryl methyl sites for hydroxylation is 1. The van der Waals surface area contributed by atoms with Gasteiger partial charge in [-0.2, -0.15) is 0 Å². The number of carbonyl (C=O) groups excluding carboxylic acids is 3. The predicted octanol–water partition coefficient (Wildman–Crippen LogP) is 3.23. The first-order chi connectivity index (χ1) is 13.9. The minimum atomic E-state index is -0.305. The van der Waals surface area contributed by atoms with Crippen molar-refractivity contribution in [3.05, 3.63) is 64.2 Å². The molecular formula is C22H22ClN3O3. The summed E-state index contributed by atoms with van der Waals surface area (Å²) in [5, 5.41) is 3.30. The van der Waals surface area contributed by atoms with E-state index in [0.29, 0.717) is 29.4 Å². The highest BCUT2D eigenvalue weighted by Crippen LogP contribution is 2.25. The SMILES string of the molecule is Cc1ccc(NC(=O)c2ccc(CN3CC(=O)N4CCC[C@@H]4C3=O)cc2)c(Cl)c1. The Morgan fingerprint density at radius 1 is 1.17 bits per heavy atom. The summed E-state index contributed by atoms with van der Waals surface area (Å²) < 4.78 is 0. The third kappa shape index (κ3) is 3.98. The standard InChI is InChI=1S/C22H22ClN3O3/c1-14-4-9-18(17(23)11-14)24-21(28)16-7-5-15(6-8-16)12-25-13-20(27)26-10-2-3-19(26)22(25)29/h4-9,11,19H,2-3,10,12-13H2,1H3,(H,24,28)/t19-/m1/s1. The summed E-state index contributed by atoms with van der Waals surface area (Å²) in [6.45, 7) is 3.09. The van der Waals surface area contributed by atoms with Gasteiger partial charge in [0.25, 0.3) is 5.91 Å². The second-order valence-electron chi connectivity index (χ2n) is 7.57. The molecule has 0 bridgehead atoms. The summed E-state index contributed by atoms with van der Waals surface area (Å²) in [4.78, 5) is 40.7. The lowest BCUT2D eigenvalue weighted by Crippen LogP contribution is -2.56. The number of rotatable bonds is 4. The van der Waals surface area contributed by atoms with Crippen LogP contribution in [0.1, 0.15) is 34.3 Å². The molecule has 2 aromatic rings. The monoisotopic (exact) mass is 411 g/mol. The number of amides is 3. The van der Waals surface area contributed by atoms with Gasteiger partial charge in [0, 0.05) is 18.7 Å². The van der Waals surface area contributed by atoms with Gasteiger partial charge in [-0.1, -0.05) is 29.8 Å². The van der Waals surface area contributed by atoms with E-state index in [1.54, 1.807) is 34.1 Å². The number of halogens is 1. The molecule has 0 radical (unpaired) electrons. The number of piperazine rings is 1. The molecule has 2 saturated heterocycles. The number of nitrogens with zero attached hydrogens (tertiary/aromatic N) is 2. The van der Waals surface area contributed by atoms with E-state index >= 15 is 0 Å². The molecule has 7 heteroatoms. The highest BCUT2D eigenvalue weighted by molar-refractivity contribution is 6.34. The summed E-state index contributed by atoms with van der Waals surface area (Å²) in [6, 6.07) is 12.2. The number of anilines is 1. The van der Waals surface area contributed by atoms with Crippen LogP contribution in [-0.2, 0) is 16.1 Å². The topological polar surface area (TPSA) is 69.7 Å². The summed E-state index contributed by atoms with van der Waals surface area (Å²) in [6.07, 6.45) is 1.62. The summed E-state index contributed by atoms with van der Waals surface area (Å²) in [5.74, 6) is -0.232. The van der Waals surface area contributed by atoms with Crippen LogP contribution in [0.2, 0.25) is 5.02 Å². The van der Waals surface area contributed by atoms with E-state index in [9.17, 15) is 14.4 Å². The van der Waals surface area contributed by atoms with Gasteiger partial charge >= 0.3 is 0 Å². The van der Waals surface area contributed by atoms with Crippen molar-refractivity contribution in [3.8, 4) is 0 Å². The lowest BCUT2D eigenvalue weighted by molar-refractivity contribution is -0.154. The Morgan fingerprint density at radius 3 is 2.66 bits per heavy atom. The molecule has 2 fully saturated rings. The fourth-order valence-electron chi connectivity index (χ4n) is 3.90. The van der Waals surface area contributed by atoms with Crippen LogP contribution in [-0.4, -0.2) is 46.7 Å². The normalized spacial score (nSPS) is 18.8. The van der Waals surface area contributed by atoms with Gasteiger partial charge in [0.1, 0.15) is 12.6 Å². The van der Waals surface area contributed by atoms with Crippen LogP contribution < -0.4 is 5.32 Å². The molecule has 2 heterocycles. The van der Waals surface area contributed by atoms with Crippen molar-refractivity contribution in [2.24, 2.45) is 0 Å². The largest absolute Gasteiger partial charge is 0.329 e. The van der Waals surface area contributed by atoms with E-state index in [0.717, 1.165) is 24.0 Å². The number of fused-ring (bicyclic) bond motifs is 1. The molecule has 2 aliphatic rings. The van der Waals surface area contributed by atoms with Crippen molar-refractivity contribution >= 4 is 35.0 Å². The molecule has 4 rings (SSSR count). The van der Waals surface area contributed by atoms with Crippen molar-refractivity contribution < 1.29 is 14.4 Å². The highest BCUT2D eigenvalue weighted by Gasteiger charge is 2.41. The van der Waals surface area contributed by atoms with Crippen LogP contribution >= 0.6 is 11.6 Å². The number of nitrogens with one attached hydrogen (secondary N) is 1. The fourth-order valence-corrected chi connectivity index (χ4v) is 4.18. The maximum Gasteiger partial charge on any atom is 0.255 e. The zero-order chi connectivity index (χ0) is 20.5. The van der Waals surface area contributed by atoms with E-state index in [-0.39, 0.29) is 30.3 Å². The Labute approximate surface area is 174 Å². The summed E-state index contributed by atoms with van der Waals surface area (Å²) in [7, 11) is 0. The predicted molar refractivity (Wildman–Crippen MR) is 111 cm³/mol. The lowest BCUT2D eigenvalue weighted by atomic mass is 10.1. The van der Waals surface area contributed by atoms with Gasteiger partial charge in [-0.25, -0.2) is 0 Å². The van der Waals surface area contributed by atoms with Gasteiger partial charge in [-0.3, -0.25) is 14.4 Å². The Kier molecular flexibility index (Phi) is 5.28. The average molecular weight is 412 g/mol. The quantitative estimate of drug-likeness (QED) is 0.839. The molecule has 2 aliphatic heterocycles. The first-order valence-corrected chi connectivity index (χ1v) is 10.0. The van der Waals surface area contributed by atoms with Gasteiger partial charge in [0.2, 0.25) is 11.8 Å². The Balaban J connectivity index is 1.42. The molecule has 0 unspecified atom stereocenters. The summed E-state index contributed by atoms with van der Waals surface area (Å²) >= 11 is 6.18. The van der Waals surface area contributed by atoms with Crippen LogP contribution in [0.5, 0.6) is 0 Å². The van der Waals surface area contributed by atoms with E-state index in [1.807, 2.05) is 25.1 Å². The Hall–Kier alpha value is -2.86. The van der Waals surface area contributed by atoms with Gasteiger partial charge < -0.3 is 15.1 Å². The molecule has 6 nitrogen and oxygen atoms in total. The van der Waals surface area contributed by atoms with Gasteiger partial charge in [-0.05, 0) is 55.2 Å². The van der Waals surface area contributed by atoms with Crippen molar-refractivity contribution in [1.82, 2.24) is 9.80 Å². The van der Waals surface area contributed by atoms with E-state index in [1.165, 1.54) is 0 Å². The zero-order valence-corrected chi connectivity index (χ0v) is 16.9. The molecule has 3 amide bonds. The van der Waals surface area contributed by atoms with Crippen molar-refractivity contribution in [2.45, 2.75) is 32.4 Å². The first-order valence-electron chi connectivity index (χ1n) is 9.67. The number of benzene rings is 2. The molecule has 2 aromatic carbocycles. The highest BCUT2D eigenvalue weighted by atomic mass is 35.5. The fraction of sp³-hybridized carbons (Fsp3) is 0.318. The molecule has 0 spiro atoms. The molecule has 1 atom stereocenters. The third-order valence-electron chi connectivity index (χ3n) is 5.46. The smallest absolute Gasteiger partial charge is 0.255 e. The number of hydrogen-bond donors (Lipinski definition) is 1. The molecule has 0 aliphatic carbocycles. The molecule has 0 saturated carbocycles. The summed E-state index contributed by atoms with van der Waals surface area (Å²) in [5.41, 5.74) is 2.95. The van der Waals surface area contributed by atoms with Gasteiger partial charge in [0.15, 0.2) is 0 Å². The maximum absolute atomic E-state index is 12.6. The van der Waals surface area contributed by atoms with Crippen LogP contribution in [0.4, 0.5) is 5.69 Å². The van der Waals surface area contributed by atoms with E-state index < -0.39 is 0 Å².